The molecule has 1 fully saturated rings. The summed E-state index contributed by atoms with van der Waals surface area (Å²) >= 11 is 0. The Morgan fingerprint density at radius 3 is 2.11 bits per heavy atom. The van der Waals surface area contributed by atoms with Gasteiger partial charge in [-0.3, -0.25) is 4.79 Å². The van der Waals surface area contributed by atoms with Crippen molar-refractivity contribution in [3.05, 3.63) is 84.1 Å². The van der Waals surface area contributed by atoms with Gasteiger partial charge in [-0.2, -0.15) is 0 Å². The quantitative estimate of drug-likeness (QED) is 0.383. The highest BCUT2D eigenvalue weighted by Gasteiger charge is 2.23. The van der Waals surface area contributed by atoms with Gasteiger partial charge in [0.25, 0.3) is 5.91 Å². The second-order valence-electron chi connectivity index (χ2n) is 8.49. The first-order valence-electron chi connectivity index (χ1n) is 11.7. The average Bonchev–Trinajstić information content (AvgIpc) is 3.43. The molecular formula is C27H25N5O4. The van der Waals surface area contributed by atoms with E-state index in [1.807, 2.05) is 49.4 Å². The highest BCUT2D eigenvalue weighted by molar-refractivity contribution is 5.91. The first-order chi connectivity index (χ1) is 17.6. The summed E-state index contributed by atoms with van der Waals surface area (Å²) in [5.41, 5.74) is 3.00. The number of carbonyl (C=O) groups is 2. The van der Waals surface area contributed by atoms with Gasteiger partial charge in [-0.05, 0) is 55.5 Å². The third-order valence-electron chi connectivity index (χ3n) is 6.02. The number of hydrogen-bond acceptors (Lipinski definition) is 8. The van der Waals surface area contributed by atoms with Crippen molar-refractivity contribution in [1.82, 2.24) is 20.1 Å². The molecule has 5 rings (SSSR count). The number of nitrogens with zero attached hydrogens (tertiary/aromatic N) is 5. The summed E-state index contributed by atoms with van der Waals surface area (Å²) in [4.78, 5) is 33.2. The van der Waals surface area contributed by atoms with Crippen LogP contribution in [0.1, 0.15) is 15.9 Å². The Bertz CT molecular complexity index is 1330. The van der Waals surface area contributed by atoms with Crippen molar-refractivity contribution in [1.29, 1.82) is 0 Å². The van der Waals surface area contributed by atoms with Gasteiger partial charge < -0.3 is 19.0 Å². The monoisotopic (exact) mass is 483 g/mol. The highest BCUT2D eigenvalue weighted by atomic mass is 16.5. The van der Waals surface area contributed by atoms with E-state index in [2.05, 4.69) is 20.1 Å². The van der Waals surface area contributed by atoms with Crippen LogP contribution in [0.25, 0.3) is 22.9 Å². The number of benzene rings is 2. The second-order valence-corrected chi connectivity index (χ2v) is 8.49. The zero-order valence-corrected chi connectivity index (χ0v) is 19.8. The van der Waals surface area contributed by atoms with Gasteiger partial charge in [-0.25, -0.2) is 9.78 Å². The van der Waals surface area contributed by atoms with E-state index in [9.17, 15) is 9.59 Å². The fourth-order valence-electron chi connectivity index (χ4n) is 3.93. The van der Waals surface area contributed by atoms with Gasteiger partial charge in [0, 0.05) is 43.5 Å². The van der Waals surface area contributed by atoms with Crippen LogP contribution in [0.5, 0.6) is 0 Å². The molecule has 0 atom stereocenters. The fraction of sp³-hybridized carbons (Fsp3) is 0.222. The smallest absolute Gasteiger partial charge is 0.338 e. The molecule has 2 aromatic heterocycles. The van der Waals surface area contributed by atoms with Crippen LogP contribution in [0.2, 0.25) is 0 Å². The molecule has 0 saturated carbocycles. The molecule has 1 amide bonds. The lowest BCUT2D eigenvalue weighted by Gasteiger charge is -2.35. The summed E-state index contributed by atoms with van der Waals surface area (Å²) in [6.45, 7) is 4.18. The number of aryl methyl sites for hydroxylation is 1. The fourth-order valence-corrected chi connectivity index (χ4v) is 3.93. The Kier molecular flexibility index (Phi) is 6.70. The number of hydrogen-bond donors (Lipinski definition) is 0. The first-order valence-corrected chi connectivity index (χ1v) is 11.7. The van der Waals surface area contributed by atoms with E-state index in [1.165, 1.54) is 0 Å². The summed E-state index contributed by atoms with van der Waals surface area (Å²) in [6.07, 6.45) is 1.75. The van der Waals surface area contributed by atoms with E-state index >= 15 is 0 Å². The van der Waals surface area contributed by atoms with Gasteiger partial charge in [-0.1, -0.05) is 23.8 Å². The highest BCUT2D eigenvalue weighted by Crippen LogP contribution is 2.24. The number of rotatable bonds is 6. The molecule has 182 valence electrons. The van der Waals surface area contributed by atoms with Crippen LogP contribution in [0.3, 0.4) is 0 Å². The topological polar surface area (TPSA) is 102 Å². The lowest BCUT2D eigenvalue weighted by molar-refractivity contribution is -0.134. The molecule has 0 N–H and O–H groups in total. The molecule has 1 aliphatic rings. The average molecular weight is 484 g/mol. The largest absolute Gasteiger partial charge is 0.452 e. The number of pyridine rings is 1. The maximum Gasteiger partial charge on any atom is 0.338 e. The van der Waals surface area contributed by atoms with Crippen molar-refractivity contribution in [3.63, 3.8) is 0 Å². The van der Waals surface area contributed by atoms with Crippen LogP contribution in [-0.4, -0.2) is 64.7 Å². The number of ether oxygens (including phenoxy) is 1. The summed E-state index contributed by atoms with van der Waals surface area (Å²) in [5.74, 6) is 0.896. The first kappa shape index (κ1) is 23.2. The van der Waals surface area contributed by atoms with Crippen LogP contribution >= 0.6 is 0 Å². The molecule has 3 heterocycles. The van der Waals surface area contributed by atoms with Crippen molar-refractivity contribution < 1.29 is 18.7 Å². The van der Waals surface area contributed by atoms with Crippen molar-refractivity contribution in [2.75, 3.05) is 37.7 Å². The summed E-state index contributed by atoms with van der Waals surface area (Å²) in [7, 11) is 0. The molecule has 1 aliphatic heterocycles. The maximum absolute atomic E-state index is 12.5. The molecule has 0 aliphatic carbocycles. The van der Waals surface area contributed by atoms with E-state index < -0.39 is 5.97 Å². The molecule has 0 bridgehead atoms. The van der Waals surface area contributed by atoms with E-state index in [-0.39, 0.29) is 12.5 Å². The SMILES string of the molecule is Cc1ccc(-c2nnc(-c3ccc(C(=O)OCC(=O)N4CCN(c5ccccn5)CC4)cc3)o2)cc1. The normalized spacial score (nSPS) is 13.5. The van der Waals surface area contributed by atoms with Crippen molar-refractivity contribution >= 4 is 17.7 Å². The van der Waals surface area contributed by atoms with Gasteiger partial charge in [0.05, 0.1) is 5.56 Å². The van der Waals surface area contributed by atoms with E-state index in [0.717, 1.165) is 16.9 Å². The number of anilines is 1. The zero-order valence-electron chi connectivity index (χ0n) is 19.8. The summed E-state index contributed by atoms with van der Waals surface area (Å²) in [5, 5.41) is 8.21. The Balaban J connectivity index is 1.13. The van der Waals surface area contributed by atoms with Crippen LogP contribution in [0.4, 0.5) is 5.82 Å². The lowest BCUT2D eigenvalue weighted by atomic mass is 10.1. The summed E-state index contributed by atoms with van der Waals surface area (Å²) in [6, 6.07) is 20.2. The third-order valence-corrected chi connectivity index (χ3v) is 6.02. The van der Waals surface area contributed by atoms with Crippen molar-refractivity contribution in [2.45, 2.75) is 6.92 Å². The van der Waals surface area contributed by atoms with Gasteiger partial charge >= 0.3 is 5.97 Å². The zero-order chi connectivity index (χ0) is 24.9. The Morgan fingerprint density at radius 2 is 1.50 bits per heavy atom. The number of carbonyl (C=O) groups excluding carboxylic acids is 2. The molecule has 36 heavy (non-hydrogen) atoms. The van der Waals surface area contributed by atoms with E-state index in [4.69, 9.17) is 9.15 Å². The van der Waals surface area contributed by atoms with Crippen molar-refractivity contribution in [3.8, 4) is 22.9 Å². The van der Waals surface area contributed by atoms with Crippen molar-refractivity contribution in [2.24, 2.45) is 0 Å². The lowest BCUT2D eigenvalue weighted by Crippen LogP contribution is -2.50. The van der Waals surface area contributed by atoms with E-state index in [0.29, 0.717) is 49.1 Å². The molecule has 0 radical (unpaired) electrons. The standard InChI is InChI=1S/C27H25N5O4/c1-19-5-7-20(8-6-19)25-29-30-26(36-25)21-9-11-22(12-10-21)27(34)35-18-24(33)32-16-14-31(15-17-32)23-4-2-3-13-28-23/h2-13H,14-18H2,1H3. The predicted molar refractivity (Wildman–Crippen MR) is 133 cm³/mol. The third kappa shape index (κ3) is 5.25. The molecule has 9 nitrogen and oxygen atoms in total. The Hall–Kier alpha value is -4.53. The second kappa shape index (κ2) is 10.4. The minimum atomic E-state index is -0.562. The molecule has 9 heteroatoms. The number of esters is 1. The molecular weight excluding hydrogens is 458 g/mol. The predicted octanol–water partition coefficient (Wildman–Crippen LogP) is 3.61. The van der Waals surface area contributed by atoms with Crippen LogP contribution in [0, 0.1) is 6.92 Å². The minimum absolute atomic E-state index is 0.213. The molecule has 2 aromatic carbocycles. The van der Waals surface area contributed by atoms with Gasteiger partial charge in [-0.15, -0.1) is 10.2 Å². The van der Waals surface area contributed by atoms with Gasteiger partial charge in [0.2, 0.25) is 11.8 Å². The van der Waals surface area contributed by atoms with E-state index in [1.54, 1.807) is 35.4 Å². The number of amides is 1. The molecule has 1 saturated heterocycles. The molecule has 0 unspecified atom stereocenters. The van der Waals surface area contributed by atoms with Gasteiger partial charge in [0.1, 0.15) is 5.82 Å². The molecule has 4 aromatic rings. The van der Waals surface area contributed by atoms with Gasteiger partial charge in [0.15, 0.2) is 6.61 Å². The molecule has 0 spiro atoms. The van der Waals surface area contributed by atoms with Crippen LogP contribution in [-0.2, 0) is 9.53 Å². The Morgan fingerprint density at radius 1 is 0.861 bits per heavy atom. The Labute approximate surface area is 208 Å². The number of piperazine rings is 1. The number of aromatic nitrogens is 3. The van der Waals surface area contributed by atoms with Crippen LogP contribution in [0.15, 0.2) is 77.3 Å². The summed E-state index contributed by atoms with van der Waals surface area (Å²) < 4.78 is 11.0. The minimum Gasteiger partial charge on any atom is -0.452 e. The van der Waals surface area contributed by atoms with Crippen LogP contribution < -0.4 is 4.90 Å². The maximum atomic E-state index is 12.5.